The normalized spacial score (nSPS) is 19.2. The van der Waals surface area contributed by atoms with Crippen molar-refractivity contribution in [2.45, 2.75) is 26.4 Å². The molecule has 0 amide bonds. The van der Waals surface area contributed by atoms with E-state index in [-0.39, 0.29) is 6.04 Å². The van der Waals surface area contributed by atoms with E-state index in [1.165, 1.54) is 16.8 Å². The Morgan fingerprint density at radius 1 is 1.30 bits per heavy atom. The number of aryl methyl sites for hydroxylation is 1. The molecule has 0 bridgehead atoms. The van der Waals surface area contributed by atoms with Gasteiger partial charge in [0.15, 0.2) is 0 Å². The van der Waals surface area contributed by atoms with Crippen LogP contribution in [-0.4, -0.2) is 29.5 Å². The summed E-state index contributed by atoms with van der Waals surface area (Å²) in [5.74, 6) is 0. The molecule has 0 radical (unpaired) electrons. The molecule has 0 spiro atoms. The van der Waals surface area contributed by atoms with E-state index in [0.717, 1.165) is 32.0 Å². The van der Waals surface area contributed by atoms with E-state index in [0.29, 0.717) is 0 Å². The molecule has 0 aliphatic carbocycles. The minimum absolute atomic E-state index is 0.272. The third-order valence-electron chi connectivity index (χ3n) is 3.88. The van der Waals surface area contributed by atoms with Crippen LogP contribution in [0.25, 0.3) is 0 Å². The summed E-state index contributed by atoms with van der Waals surface area (Å²) in [6.07, 6.45) is 0. The highest BCUT2D eigenvalue weighted by Crippen LogP contribution is 2.24. The summed E-state index contributed by atoms with van der Waals surface area (Å²) in [6.45, 7) is 7.49. The van der Waals surface area contributed by atoms with E-state index in [1.807, 2.05) is 6.07 Å². The first kappa shape index (κ1) is 13.3. The quantitative estimate of drug-likeness (QED) is 0.930. The Kier molecular flexibility index (Phi) is 3.85. The summed E-state index contributed by atoms with van der Waals surface area (Å²) in [5.41, 5.74) is 4.90. The third kappa shape index (κ3) is 2.62. The van der Waals surface area contributed by atoms with E-state index in [9.17, 15) is 0 Å². The average molecular weight is 271 g/mol. The summed E-state index contributed by atoms with van der Waals surface area (Å²) in [6, 6.07) is 10.7. The molecule has 2 heterocycles. The van der Waals surface area contributed by atoms with E-state index in [1.54, 1.807) is 0 Å². The molecule has 0 unspecified atom stereocenters. The lowest BCUT2D eigenvalue weighted by Gasteiger charge is -2.24. The van der Waals surface area contributed by atoms with Crippen LogP contribution in [-0.2, 0) is 11.3 Å². The van der Waals surface area contributed by atoms with Crippen LogP contribution in [0, 0.1) is 13.8 Å². The van der Waals surface area contributed by atoms with Gasteiger partial charge in [-0.3, -0.25) is 4.68 Å². The van der Waals surface area contributed by atoms with Crippen molar-refractivity contribution < 1.29 is 4.74 Å². The summed E-state index contributed by atoms with van der Waals surface area (Å²) in [7, 11) is 0. The van der Waals surface area contributed by atoms with Gasteiger partial charge in [0.05, 0.1) is 31.5 Å². The van der Waals surface area contributed by atoms with Gasteiger partial charge in [0, 0.05) is 17.8 Å². The molecule has 0 saturated carbocycles. The summed E-state index contributed by atoms with van der Waals surface area (Å²) < 4.78 is 7.67. The van der Waals surface area contributed by atoms with Crippen molar-refractivity contribution in [2.75, 3.05) is 19.8 Å². The Morgan fingerprint density at radius 2 is 2.10 bits per heavy atom. The SMILES string of the molecule is Cc1nn(Cc2ccccc2)c(C)c1[C@H]1COCCN1. The second-order valence-electron chi connectivity index (χ2n) is 5.31. The van der Waals surface area contributed by atoms with E-state index in [2.05, 4.69) is 48.1 Å². The molecule has 1 N–H and O–H groups in total. The molecule has 1 aromatic heterocycles. The maximum atomic E-state index is 5.57. The van der Waals surface area contributed by atoms with Crippen LogP contribution in [0.5, 0.6) is 0 Å². The van der Waals surface area contributed by atoms with E-state index < -0.39 is 0 Å². The fourth-order valence-electron chi connectivity index (χ4n) is 2.88. The van der Waals surface area contributed by atoms with Crippen molar-refractivity contribution in [1.29, 1.82) is 0 Å². The largest absolute Gasteiger partial charge is 0.378 e. The Hall–Kier alpha value is -1.65. The fraction of sp³-hybridized carbons (Fsp3) is 0.438. The van der Waals surface area contributed by atoms with Crippen LogP contribution in [0.2, 0.25) is 0 Å². The van der Waals surface area contributed by atoms with Gasteiger partial charge in [-0.25, -0.2) is 0 Å². The van der Waals surface area contributed by atoms with Crippen LogP contribution in [0.1, 0.15) is 28.6 Å². The lowest BCUT2D eigenvalue weighted by Crippen LogP contribution is -2.35. The number of ether oxygens (including phenoxy) is 1. The molecule has 106 valence electrons. The first-order valence-corrected chi connectivity index (χ1v) is 7.14. The minimum Gasteiger partial charge on any atom is -0.378 e. The van der Waals surface area contributed by atoms with Crippen molar-refractivity contribution in [3.63, 3.8) is 0 Å². The Morgan fingerprint density at radius 3 is 2.80 bits per heavy atom. The van der Waals surface area contributed by atoms with Crippen LogP contribution in [0.3, 0.4) is 0 Å². The molecular weight excluding hydrogens is 250 g/mol. The Balaban J connectivity index is 1.86. The highest BCUT2D eigenvalue weighted by atomic mass is 16.5. The van der Waals surface area contributed by atoms with Gasteiger partial charge in [-0.15, -0.1) is 0 Å². The van der Waals surface area contributed by atoms with Crippen molar-refractivity contribution in [1.82, 2.24) is 15.1 Å². The van der Waals surface area contributed by atoms with Gasteiger partial charge in [0.2, 0.25) is 0 Å². The van der Waals surface area contributed by atoms with E-state index in [4.69, 9.17) is 9.84 Å². The zero-order chi connectivity index (χ0) is 13.9. The molecule has 20 heavy (non-hydrogen) atoms. The van der Waals surface area contributed by atoms with Crippen molar-refractivity contribution >= 4 is 0 Å². The topological polar surface area (TPSA) is 39.1 Å². The maximum Gasteiger partial charge on any atom is 0.0663 e. The third-order valence-corrected chi connectivity index (χ3v) is 3.88. The number of nitrogens with one attached hydrogen (secondary N) is 1. The second kappa shape index (κ2) is 5.77. The first-order chi connectivity index (χ1) is 9.75. The number of hydrogen-bond acceptors (Lipinski definition) is 3. The van der Waals surface area contributed by atoms with Gasteiger partial charge < -0.3 is 10.1 Å². The van der Waals surface area contributed by atoms with Crippen LogP contribution >= 0.6 is 0 Å². The van der Waals surface area contributed by atoms with Gasteiger partial charge >= 0.3 is 0 Å². The summed E-state index contributed by atoms with van der Waals surface area (Å²) >= 11 is 0. The Bertz CT molecular complexity index is 571. The fourth-order valence-corrected chi connectivity index (χ4v) is 2.88. The molecule has 1 aliphatic rings. The number of nitrogens with zero attached hydrogens (tertiary/aromatic N) is 2. The molecule has 1 saturated heterocycles. The van der Waals surface area contributed by atoms with Gasteiger partial charge in [0.1, 0.15) is 0 Å². The van der Waals surface area contributed by atoms with Gasteiger partial charge in [-0.05, 0) is 19.4 Å². The zero-order valence-electron chi connectivity index (χ0n) is 12.1. The highest BCUT2D eigenvalue weighted by molar-refractivity contribution is 5.29. The highest BCUT2D eigenvalue weighted by Gasteiger charge is 2.22. The number of aromatic nitrogens is 2. The molecule has 4 nitrogen and oxygen atoms in total. The summed E-state index contributed by atoms with van der Waals surface area (Å²) in [5, 5.41) is 8.22. The molecule has 1 aliphatic heterocycles. The molecule has 1 fully saturated rings. The smallest absolute Gasteiger partial charge is 0.0663 e. The van der Waals surface area contributed by atoms with Crippen LogP contribution in [0.15, 0.2) is 30.3 Å². The first-order valence-electron chi connectivity index (χ1n) is 7.14. The lowest BCUT2D eigenvalue weighted by molar-refractivity contribution is 0.0764. The van der Waals surface area contributed by atoms with Gasteiger partial charge in [0.25, 0.3) is 0 Å². The molecular formula is C16H21N3O. The number of morpholine rings is 1. The number of hydrogen-bond donors (Lipinski definition) is 1. The lowest BCUT2D eigenvalue weighted by atomic mass is 10.0. The monoisotopic (exact) mass is 271 g/mol. The Labute approximate surface area is 119 Å². The zero-order valence-corrected chi connectivity index (χ0v) is 12.1. The van der Waals surface area contributed by atoms with Gasteiger partial charge in [-0.2, -0.15) is 5.10 Å². The van der Waals surface area contributed by atoms with Crippen LogP contribution in [0.4, 0.5) is 0 Å². The second-order valence-corrected chi connectivity index (χ2v) is 5.31. The van der Waals surface area contributed by atoms with Crippen LogP contribution < -0.4 is 5.32 Å². The molecule has 1 aromatic carbocycles. The molecule has 1 atom stereocenters. The number of rotatable bonds is 3. The van der Waals surface area contributed by atoms with Crippen molar-refractivity contribution in [3.8, 4) is 0 Å². The standard InChI is InChI=1S/C16H21N3O/c1-12-16(15-11-20-9-8-17-15)13(2)19(18-12)10-14-6-4-3-5-7-14/h3-7,15,17H,8-11H2,1-2H3/t15-/m1/s1. The molecule has 3 rings (SSSR count). The van der Waals surface area contributed by atoms with Crippen molar-refractivity contribution in [3.05, 3.63) is 52.8 Å². The predicted octanol–water partition coefficient (Wildman–Crippen LogP) is 2.21. The maximum absolute atomic E-state index is 5.57. The van der Waals surface area contributed by atoms with Gasteiger partial charge in [-0.1, -0.05) is 30.3 Å². The average Bonchev–Trinajstić information content (AvgIpc) is 2.75. The van der Waals surface area contributed by atoms with Crippen molar-refractivity contribution in [2.24, 2.45) is 0 Å². The number of benzene rings is 1. The molecule has 4 heteroatoms. The predicted molar refractivity (Wildman–Crippen MR) is 78.8 cm³/mol. The minimum atomic E-state index is 0.272. The van der Waals surface area contributed by atoms with E-state index >= 15 is 0 Å². The summed E-state index contributed by atoms with van der Waals surface area (Å²) in [4.78, 5) is 0. The molecule has 2 aromatic rings.